The van der Waals surface area contributed by atoms with Crippen molar-refractivity contribution in [1.29, 1.82) is 0 Å². The fourth-order valence-corrected chi connectivity index (χ4v) is 7.20. The molecule has 0 bridgehead atoms. The lowest BCUT2D eigenvalue weighted by molar-refractivity contribution is -0.163. The molecule has 1 unspecified atom stereocenters. The van der Waals surface area contributed by atoms with Crippen molar-refractivity contribution in [2.75, 3.05) is 26.7 Å². The molecule has 0 spiro atoms. The number of carboxylic acid groups (broad SMARTS) is 1. The van der Waals surface area contributed by atoms with Crippen LogP contribution in [0.25, 0.3) is 0 Å². The van der Waals surface area contributed by atoms with Crippen LogP contribution in [-0.4, -0.2) is 82.0 Å². The fourth-order valence-electron chi connectivity index (χ4n) is 5.71. The Bertz CT molecular complexity index is 712. The maximum absolute atomic E-state index is 12.5. The third-order valence-electron chi connectivity index (χ3n) is 7.29. The lowest BCUT2D eigenvalue weighted by Crippen LogP contribution is -2.63. The number of hydrogen-bond donors (Lipinski definition) is 3. The number of carbonyl (C=O) groups is 2. The summed E-state index contributed by atoms with van der Waals surface area (Å²) in [6.45, 7) is 6.81. The molecule has 7 nitrogen and oxygen atoms in total. The van der Waals surface area contributed by atoms with E-state index in [1.807, 2.05) is 6.92 Å². The van der Waals surface area contributed by atoms with E-state index in [1.54, 1.807) is 18.7 Å². The molecule has 0 aromatic rings. The quantitative estimate of drug-likeness (QED) is 0.575. The van der Waals surface area contributed by atoms with E-state index in [0.717, 1.165) is 24.4 Å². The average Bonchev–Trinajstić information content (AvgIpc) is 3.12. The monoisotopic (exact) mass is 423 g/mol. The molecule has 4 heterocycles. The van der Waals surface area contributed by atoms with Crippen molar-refractivity contribution in [3.05, 3.63) is 10.6 Å². The number of nitrogens with one attached hydrogen (secondary N) is 1. The molecule has 4 aliphatic rings. The molecule has 1 amide bonds. The van der Waals surface area contributed by atoms with Gasteiger partial charge < -0.3 is 25.3 Å². The normalized spacial score (nSPS) is 39.3. The smallest absolute Gasteiger partial charge is 0.353 e. The van der Waals surface area contributed by atoms with Crippen molar-refractivity contribution in [3.8, 4) is 0 Å². The molecular weight excluding hydrogens is 390 g/mol. The molecule has 7 atom stereocenters. The van der Waals surface area contributed by atoms with E-state index in [0.29, 0.717) is 17.2 Å². The Balaban J connectivity index is 1.45. The van der Waals surface area contributed by atoms with E-state index in [2.05, 4.69) is 17.3 Å². The minimum absolute atomic E-state index is 0.0472. The number of nitrogens with zero attached hydrogens (tertiary/aromatic N) is 2. The number of aliphatic carboxylic acids is 1. The SMILES string of the molecule is C[C@@H](O)[C@H]1C(=O)N2C(C(=O)O)=C(S[C@@H]3CN[C@H](C4CCCN(C)CC4)C3)[C@H](C)[C@H]12. The highest BCUT2D eigenvalue weighted by Gasteiger charge is 2.60. The number of aliphatic hydroxyl groups is 1. The molecule has 8 heteroatoms. The lowest BCUT2D eigenvalue weighted by Gasteiger charge is -2.46. The highest BCUT2D eigenvalue weighted by atomic mass is 32.2. The van der Waals surface area contributed by atoms with Gasteiger partial charge in [-0.05, 0) is 58.7 Å². The summed E-state index contributed by atoms with van der Waals surface area (Å²) >= 11 is 1.65. The van der Waals surface area contributed by atoms with Crippen molar-refractivity contribution in [2.24, 2.45) is 17.8 Å². The number of thioether (sulfide) groups is 1. The van der Waals surface area contributed by atoms with Crippen molar-refractivity contribution in [3.63, 3.8) is 0 Å². The first kappa shape index (κ1) is 21.2. The first-order chi connectivity index (χ1) is 13.8. The molecule has 4 rings (SSSR count). The molecule has 3 fully saturated rings. The van der Waals surface area contributed by atoms with Crippen LogP contribution in [0.3, 0.4) is 0 Å². The maximum Gasteiger partial charge on any atom is 0.353 e. The Morgan fingerprint density at radius 2 is 2.07 bits per heavy atom. The van der Waals surface area contributed by atoms with Gasteiger partial charge in [-0.15, -0.1) is 11.8 Å². The van der Waals surface area contributed by atoms with Gasteiger partial charge in [-0.25, -0.2) is 4.79 Å². The number of rotatable bonds is 5. The third-order valence-corrected chi connectivity index (χ3v) is 8.81. The van der Waals surface area contributed by atoms with Gasteiger partial charge in [0.1, 0.15) is 5.70 Å². The second-order valence-corrected chi connectivity index (χ2v) is 10.6. The molecule has 0 aromatic carbocycles. The van der Waals surface area contributed by atoms with Gasteiger partial charge in [0.2, 0.25) is 5.91 Å². The first-order valence-electron chi connectivity index (χ1n) is 10.9. The van der Waals surface area contributed by atoms with Gasteiger partial charge in [-0.1, -0.05) is 6.92 Å². The molecule has 0 saturated carbocycles. The molecular formula is C21H33N3O4S. The highest BCUT2D eigenvalue weighted by molar-refractivity contribution is 8.03. The zero-order valence-corrected chi connectivity index (χ0v) is 18.3. The van der Waals surface area contributed by atoms with Crippen LogP contribution in [0.2, 0.25) is 0 Å². The predicted octanol–water partition coefficient (Wildman–Crippen LogP) is 1.34. The summed E-state index contributed by atoms with van der Waals surface area (Å²) in [6, 6.07) is 0.270. The lowest BCUT2D eigenvalue weighted by atomic mass is 9.79. The second kappa shape index (κ2) is 8.21. The number of amides is 1. The fraction of sp³-hybridized carbons (Fsp3) is 0.810. The van der Waals surface area contributed by atoms with E-state index in [1.165, 1.54) is 30.7 Å². The predicted molar refractivity (Wildman–Crippen MR) is 112 cm³/mol. The van der Waals surface area contributed by atoms with Gasteiger partial charge >= 0.3 is 5.97 Å². The Kier molecular flexibility index (Phi) is 5.99. The molecule has 4 aliphatic heterocycles. The molecule has 0 aliphatic carbocycles. The summed E-state index contributed by atoms with van der Waals surface area (Å²) in [5.41, 5.74) is 0.147. The van der Waals surface area contributed by atoms with E-state index < -0.39 is 18.0 Å². The summed E-state index contributed by atoms with van der Waals surface area (Å²) in [5.74, 6) is -1.15. The Morgan fingerprint density at radius 3 is 2.76 bits per heavy atom. The number of aliphatic hydroxyl groups excluding tert-OH is 1. The summed E-state index contributed by atoms with van der Waals surface area (Å²) in [6.07, 6.45) is 3.99. The van der Waals surface area contributed by atoms with E-state index >= 15 is 0 Å². The van der Waals surface area contributed by atoms with Gasteiger partial charge in [0.25, 0.3) is 0 Å². The number of fused-ring (bicyclic) bond motifs is 1. The standard InChI is InChI=1S/C21H33N3O4S/c1-11-17-16(12(2)25)20(26)24(17)18(21(27)28)19(11)29-14-9-15(22-10-14)13-5-4-7-23(3)8-6-13/h11-17,22,25H,4-10H2,1-3H3,(H,27,28)/t11-,12-,13?,14+,15+,16-,17-/m1/s1. The summed E-state index contributed by atoms with van der Waals surface area (Å²) < 4.78 is 0. The van der Waals surface area contributed by atoms with Gasteiger partial charge in [0.05, 0.1) is 18.1 Å². The minimum atomic E-state index is -1.03. The number of carbonyl (C=O) groups excluding carboxylic acids is 1. The van der Waals surface area contributed by atoms with Crippen LogP contribution in [0.4, 0.5) is 0 Å². The third kappa shape index (κ3) is 3.73. The van der Waals surface area contributed by atoms with Crippen LogP contribution in [-0.2, 0) is 9.59 Å². The molecule has 3 saturated heterocycles. The largest absolute Gasteiger partial charge is 0.477 e. The van der Waals surface area contributed by atoms with Crippen molar-refractivity contribution < 1.29 is 19.8 Å². The topological polar surface area (TPSA) is 93.1 Å². The second-order valence-electron chi connectivity index (χ2n) is 9.26. The zero-order valence-electron chi connectivity index (χ0n) is 17.5. The van der Waals surface area contributed by atoms with Crippen molar-refractivity contribution in [1.82, 2.24) is 15.1 Å². The van der Waals surface area contributed by atoms with Crippen molar-refractivity contribution >= 4 is 23.6 Å². The average molecular weight is 424 g/mol. The summed E-state index contributed by atoms with van der Waals surface area (Å²) in [4.78, 5) is 29.1. The van der Waals surface area contributed by atoms with Crippen molar-refractivity contribution in [2.45, 2.75) is 63.0 Å². The molecule has 3 N–H and O–H groups in total. The van der Waals surface area contributed by atoms with Crippen LogP contribution in [0.5, 0.6) is 0 Å². The number of carboxylic acids is 1. The molecule has 0 radical (unpaired) electrons. The molecule has 29 heavy (non-hydrogen) atoms. The highest BCUT2D eigenvalue weighted by Crippen LogP contribution is 2.52. The summed E-state index contributed by atoms with van der Waals surface area (Å²) in [7, 11) is 2.19. The molecule has 162 valence electrons. The van der Waals surface area contributed by atoms with E-state index in [-0.39, 0.29) is 23.6 Å². The van der Waals surface area contributed by atoms with Gasteiger partial charge in [0.15, 0.2) is 0 Å². The first-order valence-corrected chi connectivity index (χ1v) is 11.7. The van der Waals surface area contributed by atoms with E-state index in [9.17, 15) is 19.8 Å². The Morgan fingerprint density at radius 1 is 1.31 bits per heavy atom. The van der Waals surface area contributed by atoms with Crippen LogP contribution in [0.15, 0.2) is 10.6 Å². The maximum atomic E-state index is 12.5. The van der Waals surface area contributed by atoms with Crippen LogP contribution >= 0.6 is 11.8 Å². The van der Waals surface area contributed by atoms with Crippen LogP contribution in [0.1, 0.15) is 39.5 Å². The van der Waals surface area contributed by atoms with Gasteiger partial charge in [-0.2, -0.15) is 0 Å². The summed E-state index contributed by atoms with van der Waals surface area (Å²) in [5, 5.41) is 23.8. The van der Waals surface area contributed by atoms with Gasteiger partial charge in [0, 0.05) is 28.7 Å². The molecule has 0 aromatic heterocycles. The number of β-lactam (4-membered cyclic amide) rings is 1. The van der Waals surface area contributed by atoms with Crippen LogP contribution in [0, 0.1) is 17.8 Å². The number of likely N-dealkylation sites (tertiary alicyclic amines) is 1. The van der Waals surface area contributed by atoms with E-state index in [4.69, 9.17) is 0 Å². The van der Waals surface area contributed by atoms with Gasteiger partial charge in [-0.3, -0.25) is 4.79 Å². The number of hydrogen-bond acceptors (Lipinski definition) is 6. The Hall–Kier alpha value is -1.09. The zero-order chi connectivity index (χ0) is 20.9. The Labute approximate surface area is 176 Å². The van der Waals surface area contributed by atoms with Crippen LogP contribution < -0.4 is 5.32 Å². The minimum Gasteiger partial charge on any atom is -0.477 e.